The van der Waals surface area contributed by atoms with Crippen molar-refractivity contribution >= 4 is 22.6 Å². The van der Waals surface area contributed by atoms with Gasteiger partial charge in [-0.3, -0.25) is 4.98 Å². The van der Waals surface area contributed by atoms with Crippen LogP contribution >= 0.6 is 0 Å². The summed E-state index contributed by atoms with van der Waals surface area (Å²) in [5.74, 6) is 6.01. The van der Waals surface area contributed by atoms with Crippen LogP contribution < -0.4 is 10.1 Å². The van der Waals surface area contributed by atoms with E-state index in [9.17, 15) is 4.79 Å². The Morgan fingerprint density at radius 1 is 0.972 bits per heavy atom. The number of aryl methyl sites for hydroxylation is 1. The molecule has 1 aliphatic rings. The van der Waals surface area contributed by atoms with Crippen LogP contribution in [-0.2, 0) is 24.2 Å². The van der Waals surface area contributed by atoms with Crippen molar-refractivity contribution in [1.29, 1.82) is 0 Å². The second kappa shape index (κ2) is 10.9. The van der Waals surface area contributed by atoms with Gasteiger partial charge in [-0.2, -0.15) is 0 Å². The zero-order chi connectivity index (χ0) is 24.7. The monoisotopic (exact) mass is 477 g/mol. The highest BCUT2D eigenvalue weighted by Crippen LogP contribution is 2.33. The molecule has 0 unspecified atom stereocenters. The predicted molar refractivity (Wildman–Crippen MR) is 140 cm³/mol. The van der Waals surface area contributed by atoms with Crippen molar-refractivity contribution in [3.63, 3.8) is 0 Å². The highest BCUT2D eigenvalue weighted by molar-refractivity contribution is 5.93. The molecular formula is C30H27N3O3. The standard InChI is InChI=1S/C30H27N3O3/c1-35-30(34)29-27(36-20-21-10-3-2-4-11-21)18-17-22(32-29)12-9-19-31-28-23-13-5-7-15-25(23)33-26-16-8-6-14-24(26)28/h2-5,7,10-11,13,15,17-18H,6,8,14,16,19-20H2,1H3,(H,31,33). The van der Waals surface area contributed by atoms with E-state index in [1.165, 1.54) is 31.2 Å². The van der Waals surface area contributed by atoms with Crippen molar-refractivity contribution < 1.29 is 14.3 Å². The van der Waals surface area contributed by atoms with Gasteiger partial charge in [0.1, 0.15) is 12.3 Å². The molecule has 0 fully saturated rings. The molecule has 0 saturated carbocycles. The molecule has 6 nitrogen and oxygen atoms in total. The van der Waals surface area contributed by atoms with Gasteiger partial charge in [0.15, 0.2) is 11.4 Å². The van der Waals surface area contributed by atoms with Crippen LogP contribution in [0.15, 0.2) is 66.7 Å². The molecule has 2 aromatic carbocycles. The molecule has 0 aliphatic heterocycles. The molecule has 0 spiro atoms. The summed E-state index contributed by atoms with van der Waals surface area (Å²) in [6.07, 6.45) is 4.39. The maximum Gasteiger partial charge on any atom is 0.360 e. The van der Waals surface area contributed by atoms with Gasteiger partial charge in [0.05, 0.1) is 19.2 Å². The number of rotatable bonds is 6. The van der Waals surface area contributed by atoms with Crippen molar-refractivity contribution in [2.75, 3.05) is 19.0 Å². The van der Waals surface area contributed by atoms with Crippen molar-refractivity contribution in [2.45, 2.75) is 32.3 Å². The van der Waals surface area contributed by atoms with Crippen LogP contribution in [0.5, 0.6) is 5.75 Å². The molecule has 1 N–H and O–H groups in total. The summed E-state index contributed by atoms with van der Waals surface area (Å²) in [5, 5.41) is 4.64. The minimum absolute atomic E-state index is 0.113. The Hall–Kier alpha value is -4.37. The van der Waals surface area contributed by atoms with E-state index in [0.717, 1.165) is 35.0 Å². The highest BCUT2D eigenvalue weighted by atomic mass is 16.5. The number of carbonyl (C=O) groups excluding carboxylic acids is 1. The van der Waals surface area contributed by atoms with E-state index in [1.54, 1.807) is 12.1 Å². The normalized spacial score (nSPS) is 12.2. The zero-order valence-electron chi connectivity index (χ0n) is 20.2. The predicted octanol–water partition coefficient (Wildman–Crippen LogP) is 5.34. The summed E-state index contributed by atoms with van der Waals surface area (Å²) in [6.45, 7) is 0.771. The topological polar surface area (TPSA) is 73.3 Å². The van der Waals surface area contributed by atoms with E-state index in [1.807, 2.05) is 42.5 Å². The molecule has 0 atom stereocenters. The summed E-state index contributed by atoms with van der Waals surface area (Å²) in [7, 11) is 1.33. The fourth-order valence-electron chi connectivity index (χ4n) is 4.45. The number of benzene rings is 2. The third-order valence-corrected chi connectivity index (χ3v) is 6.21. The van der Waals surface area contributed by atoms with Crippen LogP contribution in [0.4, 0.5) is 5.69 Å². The van der Waals surface area contributed by atoms with Gasteiger partial charge >= 0.3 is 5.97 Å². The van der Waals surface area contributed by atoms with Gasteiger partial charge in [0.2, 0.25) is 0 Å². The van der Waals surface area contributed by atoms with Gasteiger partial charge in [0, 0.05) is 16.8 Å². The van der Waals surface area contributed by atoms with Crippen LogP contribution in [0.1, 0.15) is 45.8 Å². The number of hydrogen-bond donors (Lipinski definition) is 1. The third-order valence-electron chi connectivity index (χ3n) is 6.21. The van der Waals surface area contributed by atoms with Gasteiger partial charge in [-0.05, 0) is 60.9 Å². The van der Waals surface area contributed by atoms with Crippen LogP contribution in [0.2, 0.25) is 0 Å². The van der Waals surface area contributed by atoms with Gasteiger partial charge in [-0.1, -0.05) is 54.5 Å². The van der Waals surface area contributed by atoms with E-state index in [-0.39, 0.29) is 5.69 Å². The van der Waals surface area contributed by atoms with Gasteiger partial charge < -0.3 is 14.8 Å². The molecule has 36 heavy (non-hydrogen) atoms. The second-order valence-electron chi connectivity index (χ2n) is 8.60. The number of carbonyl (C=O) groups is 1. The highest BCUT2D eigenvalue weighted by Gasteiger charge is 2.18. The molecule has 5 rings (SSSR count). The fourth-order valence-corrected chi connectivity index (χ4v) is 4.45. The molecule has 4 aromatic rings. The first-order chi connectivity index (χ1) is 17.7. The molecule has 6 heteroatoms. The number of anilines is 1. The number of pyridine rings is 2. The number of esters is 1. The molecule has 0 saturated heterocycles. The number of aromatic nitrogens is 2. The van der Waals surface area contributed by atoms with E-state index in [0.29, 0.717) is 24.6 Å². The molecular weight excluding hydrogens is 450 g/mol. The fraction of sp³-hybridized carbons (Fsp3) is 0.233. The maximum absolute atomic E-state index is 12.3. The summed E-state index contributed by atoms with van der Waals surface area (Å²) >= 11 is 0. The SMILES string of the molecule is COC(=O)c1nc(C#CCNc2c3c(nc4ccccc24)CCCC3)ccc1OCc1ccccc1. The Balaban J connectivity index is 1.34. The zero-order valence-corrected chi connectivity index (χ0v) is 20.2. The van der Waals surface area contributed by atoms with E-state index < -0.39 is 5.97 Å². The minimum atomic E-state index is -0.560. The molecule has 180 valence electrons. The molecule has 2 heterocycles. The Bertz CT molecular complexity index is 1460. The number of nitrogens with one attached hydrogen (secondary N) is 1. The first-order valence-electron chi connectivity index (χ1n) is 12.1. The Kier molecular flexibility index (Phi) is 7.09. The van der Waals surface area contributed by atoms with E-state index in [2.05, 4.69) is 34.3 Å². The number of ether oxygens (including phenoxy) is 2. The van der Waals surface area contributed by atoms with Crippen LogP contribution in [0.3, 0.4) is 0 Å². The summed E-state index contributed by atoms with van der Waals surface area (Å²) in [6, 6.07) is 21.4. The summed E-state index contributed by atoms with van der Waals surface area (Å²) < 4.78 is 10.8. The first-order valence-corrected chi connectivity index (χ1v) is 12.1. The lowest BCUT2D eigenvalue weighted by molar-refractivity contribution is 0.0588. The average Bonchev–Trinajstić information content (AvgIpc) is 2.94. The molecule has 2 aromatic heterocycles. The summed E-state index contributed by atoms with van der Waals surface area (Å²) in [5.41, 5.74) is 6.20. The number of methoxy groups -OCH3 is 1. The van der Waals surface area contributed by atoms with Crippen LogP contribution in [0.25, 0.3) is 10.9 Å². The third kappa shape index (κ3) is 5.16. The maximum atomic E-state index is 12.3. The molecule has 1 aliphatic carbocycles. The molecule has 0 radical (unpaired) electrons. The number of nitrogens with zero attached hydrogens (tertiary/aromatic N) is 2. The van der Waals surface area contributed by atoms with Crippen molar-refractivity contribution in [3.8, 4) is 17.6 Å². The Labute approximate surface area is 210 Å². The Morgan fingerprint density at radius 3 is 2.64 bits per heavy atom. The van der Waals surface area contributed by atoms with Crippen molar-refractivity contribution in [3.05, 3.63) is 94.9 Å². The lowest BCUT2D eigenvalue weighted by Gasteiger charge is -2.21. The van der Waals surface area contributed by atoms with Crippen molar-refractivity contribution in [1.82, 2.24) is 9.97 Å². The Morgan fingerprint density at radius 2 is 1.78 bits per heavy atom. The minimum Gasteiger partial charge on any atom is -0.486 e. The summed E-state index contributed by atoms with van der Waals surface area (Å²) in [4.78, 5) is 21.6. The first kappa shape index (κ1) is 23.4. The van der Waals surface area contributed by atoms with E-state index in [4.69, 9.17) is 14.5 Å². The quantitative estimate of drug-likeness (QED) is 0.299. The average molecular weight is 478 g/mol. The molecule has 0 amide bonds. The van der Waals surface area contributed by atoms with Gasteiger partial charge in [-0.25, -0.2) is 9.78 Å². The lowest BCUT2D eigenvalue weighted by Crippen LogP contribution is -2.11. The van der Waals surface area contributed by atoms with Crippen LogP contribution in [-0.4, -0.2) is 29.6 Å². The van der Waals surface area contributed by atoms with Gasteiger partial charge in [0.25, 0.3) is 0 Å². The number of hydrogen-bond acceptors (Lipinski definition) is 6. The van der Waals surface area contributed by atoms with Gasteiger partial charge in [-0.15, -0.1) is 0 Å². The largest absolute Gasteiger partial charge is 0.486 e. The second-order valence-corrected chi connectivity index (χ2v) is 8.60. The van der Waals surface area contributed by atoms with Crippen LogP contribution in [0, 0.1) is 11.8 Å². The molecule has 0 bridgehead atoms. The smallest absolute Gasteiger partial charge is 0.360 e. The number of para-hydroxylation sites is 1. The van der Waals surface area contributed by atoms with Crippen molar-refractivity contribution in [2.24, 2.45) is 0 Å². The lowest BCUT2D eigenvalue weighted by atomic mass is 9.92. The van der Waals surface area contributed by atoms with E-state index >= 15 is 0 Å². The number of fused-ring (bicyclic) bond motifs is 2.